The fourth-order valence-corrected chi connectivity index (χ4v) is 3.30. The van der Waals surface area contributed by atoms with Gasteiger partial charge in [0.1, 0.15) is 5.75 Å². The molecule has 0 saturated heterocycles. The summed E-state index contributed by atoms with van der Waals surface area (Å²) in [7, 11) is 1.79. The van der Waals surface area contributed by atoms with Crippen molar-refractivity contribution in [2.45, 2.75) is 19.4 Å². The molecule has 0 spiro atoms. The Morgan fingerprint density at radius 2 is 2.04 bits per heavy atom. The molecule has 1 aliphatic heterocycles. The Morgan fingerprint density at radius 1 is 1.14 bits per heavy atom. The van der Waals surface area contributed by atoms with Crippen LogP contribution < -0.4 is 15.4 Å². The van der Waals surface area contributed by atoms with E-state index >= 15 is 0 Å². The van der Waals surface area contributed by atoms with Crippen LogP contribution >= 0.6 is 0 Å². The molecule has 2 N–H and O–H groups in total. The number of benzene rings is 2. The molecule has 0 atom stereocenters. The Balaban J connectivity index is 1.26. The molecule has 0 bridgehead atoms. The zero-order valence-electron chi connectivity index (χ0n) is 16.1. The highest BCUT2D eigenvalue weighted by Gasteiger charge is 2.11. The van der Waals surface area contributed by atoms with E-state index in [1.165, 1.54) is 11.1 Å². The Hall–Kier alpha value is -3.28. The summed E-state index contributed by atoms with van der Waals surface area (Å²) in [5.41, 5.74) is 4.79. The first-order valence-electron chi connectivity index (χ1n) is 9.60. The number of hydrogen-bond acceptors (Lipinski definition) is 3. The topological polar surface area (TPSA) is 63.5 Å². The zero-order valence-corrected chi connectivity index (χ0v) is 16.1. The minimum atomic E-state index is 0.669. The van der Waals surface area contributed by atoms with Gasteiger partial charge in [-0.1, -0.05) is 30.3 Å². The Bertz CT molecular complexity index is 949. The van der Waals surface area contributed by atoms with Crippen LogP contribution in [0, 0.1) is 0 Å². The lowest BCUT2D eigenvalue weighted by molar-refractivity contribution is 0.357. The summed E-state index contributed by atoms with van der Waals surface area (Å²) >= 11 is 0. The molecule has 28 heavy (non-hydrogen) atoms. The van der Waals surface area contributed by atoms with E-state index in [0.717, 1.165) is 49.0 Å². The second kappa shape index (κ2) is 8.61. The second-order valence-corrected chi connectivity index (χ2v) is 6.77. The van der Waals surface area contributed by atoms with Gasteiger partial charge in [-0.05, 0) is 35.7 Å². The van der Waals surface area contributed by atoms with Gasteiger partial charge in [0.2, 0.25) is 0 Å². The molecule has 0 unspecified atom stereocenters. The SMILES string of the molecule is CN=C(NCCc1ccc2c(c1)CCO2)NCc1cnn(-c2ccccc2)c1. The first-order chi connectivity index (χ1) is 13.8. The molecule has 0 radical (unpaired) electrons. The highest BCUT2D eigenvalue weighted by molar-refractivity contribution is 5.79. The van der Waals surface area contributed by atoms with Gasteiger partial charge >= 0.3 is 0 Å². The number of aliphatic imine (C=N–C) groups is 1. The molecule has 6 nitrogen and oxygen atoms in total. The van der Waals surface area contributed by atoms with Crippen molar-refractivity contribution in [3.8, 4) is 11.4 Å². The van der Waals surface area contributed by atoms with Crippen LogP contribution in [0.1, 0.15) is 16.7 Å². The maximum absolute atomic E-state index is 5.57. The van der Waals surface area contributed by atoms with Gasteiger partial charge in [-0.3, -0.25) is 4.99 Å². The zero-order chi connectivity index (χ0) is 19.2. The fraction of sp³-hybridized carbons (Fsp3) is 0.273. The number of fused-ring (bicyclic) bond motifs is 1. The average Bonchev–Trinajstić information content (AvgIpc) is 3.40. The third kappa shape index (κ3) is 4.34. The molecule has 0 saturated carbocycles. The lowest BCUT2D eigenvalue weighted by atomic mass is 10.1. The number of nitrogens with one attached hydrogen (secondary N) is 2. The Kier molecular flexibility index (Phi) is 5.56. The molecule has 6 heteroatoms. The summed E-state index contributed by atoms with van der Waals surface area (Å²) in [6.07, 6.45) is 5.86. The lowest BCUT2D eigenvalue weighted by Gasteiger charge is -2.11. The normalized spacial score (nSPS) is 13.1. The molecule has 1 aromatic heterocycles. The largest absolute Gasteiger partial charge is 0.493 e. The summed E-state index contributed by atoms with van der Waals surface area (Å²) < 4.78 is 7.45. The molecule has 0 aliphatic carbocycles. The van der Waals surface area contributed by atoms with Crippen molar-refractivity contribution < 1.29 is 4.74 Å². The van der Waals surface area contributed by atoms with Crippen molar-refractivity contribution >= 4 is 5.96 Å². The predicted molar refractivity (Wildman–Crippen MR) is 111 cm³/mol. The number of rotatable bonds is 6. The molecule has 2 heterocycles. The molecule has 0 amide bonds. The third-order valence-corrected chi connectivity index (χ3v) is 4.80. The van der Waals surface area contributed by atoms with E-state index < -0.39 is 0 Å². The first-order valence-corrected chi connectivity index (χ1v) is 9.60. The number of nitrogens with zero attached hydrogens (tertiary/aromatic N) is 3. The van der Waals surface area contributed by atoms with Gasteiger partial charge in [0, 0.05) is 38.3 Å². The van der Waals surface area contributed by atoms with Crippen molar-refractivity contribution in [3.05, 3.63) is 77.6 Å². The predicted octanol–water partition coefficient (Wildman–Crippen LogP) is 2.71. The van der Waals surface area contributed by atoms with Crippen LogP contribution in [0.4, 0.5) is 0 Å². The number of ether oxygens (including phenoxy) is 1. The summed E-state index contributed by atoms with van der Waals surface area (Å²) in [4.78, 5) is 4.30. The number of aromatic nitrogens is 2. The minimum absolute atomic E-state index is 0.669. The number of para-hydroxylation sites is 1. The van der Waals surface area contributed by atoms with E-state index in [2.05, 4.69) is 38.9 Å². The van der Waals surface area contributed by atoms with Crippen molar-refractivity contribution in [1.82, 2.24) is 20.4 Å². The van der Waals surface area contributed by atoms with Gasteiger partial charge in [-0.2, -0.15) is 5.10 Å². The summed E-state index contributed by atoms with van der Waals surface area (Å²) in [6, 6.07) is 16.6. The second-order valence-electron chi connectivity index (χ2n) is 6.77. The Morgan fingerprint density at radius 3 is 2.89 bits per heavy atom. The van der Waals surface area contributed by atoms with E-state index in [1.807, 2.05) is 47.4 Å². The Labute approximate surface area is 165 Å². The van der Waals surface area contributed by atoms with E-state index in [4.69, 9.17) is 4.74 Å². The molecule has 3 aromatic rings. The lowest BCUT2D eigenvalue weighted by Crippen LogP contribution is -2.37. The number of hydrogen-bond donors (Lipinski definition) is 2. The maximum atomic E-state index is 5.57. The van der Waals surface area contributed by atoms with Crippen LogP contribution in [0.15, 0.2) is 65.9 Å². The van der Waals surface area contributed by atoms with Crippen molar-refractivity contribution in [2.75, 3.05) is 20.2 Å². The number of guanidine groups is 1. The van der Waals surface area contributed by atoms with Crippen LogP contribution in [0.25, 0.3) is 5.69 Å². The van der Waals surface area contributed by atoms with Crippen LogP contribution in [-0.2, 0) is 19.4 Å². The fourth-order valence-electron chi connectivity index (χ4n) is 3.30. The third-order valence-electron chi connectivity index (χ3n) is 4.80. The van der Waals surface area contributed by atoms with E-state index in [-0.39, 0.29) is 0 Å². The van der Waals surface area contributed by atoms with Gasteiger partial charge < -0.3 is 15.4 Å². The maximum Gasteiger partial charge on any atom is 0.191 e. The molecular formula is C22H25N5O. The van der Waals surface area contributed by atoms with Gasteiger partial charge in [-0.25, -0.2) is 4.68 Å². The smallest absolute Gasteiger partial charge is 0.191 e. The van der Waals surface area contributed by atoms with Crippen molar-refractivity contribution in [2.24, 2.45) is 4.99 Å². The quantitative estimate of drug-likeness (QED) is 0.514. The van der Waals surface area contributed by atoms with Gasteiger partial charge in [0.05, 0.1) is 18.5 Å². The van der Waals surface area contributed by atoms with Crippen LogP contribution in [-0.4, -0.2) is 35.9 Å². The highest BCUT2D eigenvalue weighted by atomic mass is 16.5. The molecule has 144 valence electrons. The van der Waals surface area contributed by atoms with Crippen LogP contribution in [0.2, 0.25) is 0 Å². The standard InChI is InChI=1S/C22H25N5O/c1-23-22(24-11-9-17-7-8-21-19(13-17)10-12-28-21)25-14-18-15-26-27(16-18)20-5-3-2-4-6-20/h2-8,13,15-16H,9-12,14H2,1H3,(H2,23,24,25). The van der Waals surface area contributed by atoms with Gasteiger partial charge in [0.15, 0.2) is 5.96 Å². The molecule has 1 aliphatic rings. The van der Waals surface area contributed by atoms with Gasteiger partial charge in [-0.15, -0.1) is 0 Å². The molecular weight excluding hydrogens is 350 g/mol. The molecule has 0 fully saturated rings. The van der Waals surface area contributed by atoms with Crippen molar-refractivity contribution in [3.63, 3.8) is 0 Å². The molecule has 4 rings (SSSR count). The van der Waals surface area contributed by atoms with Crippen LogP contribution in [0.3, 0.4) is 0 Å². The van der Waals surface area contributed by atoms with E-state index in [0.29, 0.717) is 6.54 Å². The first kappa shape index (κ1) is 18.1. The van der Waals surface area contributed by atoms with Crippen molar-refractivity contribution in [1.29, 1.82) is 0 Å². The van der Waals surface area contributed by atoms with Crippen LogP contribution in [0.5, 0.6) is 5.75 Å². The van der Waals surface area contributed by atoms with E-state index in [1.54, 1.807) is 7.05 Å². The van der Waals surface area contributed by atoms with E-state index in [9.17, 15) is 0 Å². The molecule has 2 aromatic carbocycles. The summed E-state index contributed by atoms with van der Waals surface area (Å²) in [5, 5.41) is 11.1. The van der Waals surface area contributed by atoms with Gasteiger partial charge in [0.25, 0.3) is 0 Å². The highest BCUT2D eigenvalue weighted by Crippen LogP contribution is 2.25. The summed E-state index contributed by atoms with van der Waals surface area (Å²) in [6.45, 7) is 2.29. The minimum Gasteiger partial charge on any atom is -0.493 e. The average molecular weight is 375 g/mol. The summed E-state index contributed by atoms with van der Waals surface area (Å²) in [5.74, 6) is 1.82. The monoisotopic (exact) mass is 375 g/mol.